The second kappa shape index (κ2) is 12.8. The quantitative estimate of drug-likeness (QED) is 0.668. The average Bonchev–Trinajstić information content (AvgIpc) is 2.50. The van der Waals surface area contributed by atoms with Gasteiger partial charge in [-0.1, -0.05) is 44.2 Å². The molecule has 0 saturated carbocycles. The minimum atomic E-state index is 0. The number of benzene rings is 1. The van der Waals surface area contributed by atoms with Gasteiger partial charge in [-0.15, -0.1) is 0 Å². The molecule has 0 spiro atoms. The van der Waals surface area contributed by atoms with Gasteiger partial charge >= 0.3 is 0 Å². The molecule has 1 nitrogen and oxygen atoms in total. The number of rotatable bonds is 5. The Hall–Kier alpha value is 0.284. The number of nitrogens with zero attached hydrogens (tertiary/aromatic N) is 1. The maximum atomic E-state index is 2.63. The van der Waals surface area contributed by atoms with Crippen molar-refractivity contribution < 1.29 is 32.7 Å². The summed E-state index contributed by atoms with van der Waals surface area (Å²) >= 11 is 0. The Kier molecular flexibility index (Phi) is 13.0. The fraction of sp³-hybridized carbons (Fsp3) is 0.632. The van der Waals surface area contributed by atoms with Crippen molar-refractivity contribution in [3.63, 3.8) is 0 Å². The average molecular weight is 363 g/mol. The van der Waals surface area contributed by atoms with Gasteiger partial charge in [-0.25, -0.2) is 0 Å². The minimum absolute atomic E-state index is 0. The molecule has 1 radical (unpaired) electrons. The van der Waals surface area contributed by atoms with E-state index in [1.807, 2.05) is 13.8 Å². The van der Waals surface area contributed by atoms with Crippen molar-refractivity contribution in [3.05, 3.63) is 41.8 Å². The Morgan fingerprint density at radius 3 is 2.14 bits per heavy atom. The van der Waals surface area contributed by atoms with E-state index in [0.717, 1.165) is 5.92 Å². The molecule has 1 aliphatic heterocycles. The number of piperidine rings is 1. The first-order chi connectivity index (χ1) is 9.74. The van der Waals surface area contributed by atoms with E-state index in [4.69, 9.17) is 0 Å². The fourth-order valence-corrected chi connectivity index (χ4v) is 2.74. The van der Waals surface area contributed by atoms with Crippen molar-refractivity contribution in [1.29, 1.82) is 0 Å². The van der Waals surface area contributed by atoms with Gasteiger partial charge < -0.3 is 10.8 Å². The van der Waals surface area contributed by atoms with E-state index in [-0.39, 0.29) is 32.7 Å². The van der Waals surface area contributed by atoms with E-state index in [2.05, 4.69) is 49.1 Å². The van der Waals surface area contributed by atoms with Crippen LogP contribution < -0.4 is 0 Å². The van der Waals surface area contributed by atoms with Crippen LogP contribution in [0, 0.1) is 11.8 Å². The van der Waals surface area contributed by atoms with E-state index in [1.54, 1.807) is 5.92 Å². The summed E-state index contributed by atoms with van der Waals surface area (Å²) in [7, 11) is 0. The van der Waals surface area contributed by atoms with Crippen molar-refractivity contribution in [1.82, 2.24) is 4.90 Å². The van der Waals surface area contributed by atoms with Crippen LogP contribution >= 0.6 is 0 Å². The van der Waals surface area contributed by atoms with Crippen LogP contribution in [-0.4, -0.2) is 24.5 Å². The molecule has 1 aromatic rings. The van der Waals surface area contributed by atoms with E-state index in [9.17, 15) is 0 Å². The Balaban J connectivity index is 0.00000128. The Morgan fingerprint density at radius 2 is 1.62 bits per heavy atom. The zero-order chi connectivity index (χ0) is 14.8. The van der Waals surface area contributed by atoms with E-state index < -0.39 is 0 Å². The molecule has 0 unspecified atom stereocenters. The van der Waals surface area contributed by atoms with Gasteiger partial charge in [0.05, 0.1) is 0 Å². The van der Waals surface area contributed by atoms with Gasteiger partial charge in [0.1, 0.15) is 0 Å². The molecule has 1 fully saturated rings. The van der Waals surface area contributed by atoms with Crippen molar-refractivity contribution >= 4 is 0 Å². The Bertz CT molecular complexity index is 329. The van der Waals surface area contributed by atoms with Crippen LogP contribution in [0.15, 0.2) is 30.3 Å². The third-order valence-corrected chi connectivity index (χ3v) is 4.00. The Labute approximate surface area is 157 Å². The molecule has 0 bridgehead atoms. The summed E-state index contributed by atoms with van der Waals surface area (Å²) in [6, 6.07) is 11.0. The zero-order valence-electron chi connectivity index (χ0n) is 14.4. The molecule has 21 heavy (non-hydrogen) atoms. The van der Waals surface area contributed by atoms with Crippen LogP contribution in [0.4, 0.5) is 0 Å². The summed E-state index contributed by atoms with van der Waals surface area (Å²) in [6.45, 7) is 12.3. The summed E-state index contributed by atoms with van der Waals surface area (Å²) in [6.07, 6.45) is 5.28. The van der Waals surface area contributed by atoms with Gasteiger partial charge in [-0.2, -0.15) is 20.3 Å². The fourth-order valence-electron chi connectivity index (χ4n) is 2.74. The summed E-state index contributed by atoms with van der Waals surface area (Å²) < 4.78 is 0. The molecule has 1 aliphatic rings. The SMILES string of the molecule is CC.C[C-](C)CCN1CCC(Cc2ccccc2)CC1.[Y]. The molecule has 0 amide bonds. The van der Waals surface area contributed by atoms with Crippen LogP contribution in [-0.2, 0) is 39.1 Å². The Morgan fingerprint density at radius 1 is 1.05 bits per heavy atom. The maximum Gasteiger partial charge on any atom is 0 e. The van der Waals surface area contributed by atoms with Crippen LogP contribution in [0.25, 0.3) is 0 Å². The number of hydrogen-bond donors (Lipinski definition) is 0. The molecule has 2 rings (SSSR count). The van der Waals surface area contributed by atoms with Gasteiger partial charge in [0.15, 0.2) is 0 Å². The van der Waals surface area contributed by atoms with Crippen molar-refractivity contribution in [2.24, 2.45) is 5.92 Å². The van der Waals surface area contributed by atoms with Gasteiger partial charge in [-0.05, 0) is 50.4 Å². The first kappa shape index (κ1) is 21.3. The van der Waals surface area contributed by atoms with Crippen molar-refractivity contribution in [2.45, 2.75) is 53.4 Å². The number of likely N-dealkylation sites (tertiary alicyclic amines) is 1. The first-order valence-corrected chi connectivity index (χ1v) is 8.29. The van der Waals surface area contributed by atoms with Crippen LogP contribution in [0.3, 0.4) is 0 Å². The zero-order valence-corrected chi connectivity index (χ0v) is 17.3. The molecule has 117 valence electrons. The molecule has 1 aromatic carbocycles. The minimum Gasteiger partial charge on any atom is -0.318 e. The number of hydrogen-bond acceptors (Lipinski definition) is 1. The largest absolute Gasteiger partial charge is 0.318 e. The molecule has 0 aliphatic carbocycles. The molecule has 0 N–H and O–H groups in total. The third-order valence-electron chi connectivity index (χ3n) is 4.00. The van der Waals surface area contributed by atoms with E-state index >= 15 is 0 Å². The van der Waals surface area contributed by atoms with Crippen molar-refractivity contribution in [2.75, 3.05) is 19.6 Å². The summed E-state index contributed by atoms with van der Waals surface area (Å²) in [5.41, 5.74) is 1.51. The predicted octanol–water partition coefficient (Wildman–Crippen LogP) is 4.97. The van der Waals surface area contributed by atoms with Crippen LogP contribution in [0.5, 0.6) is 0 Å². The third kappa shape index (κ3) is 9.11. The van der Waals surface area contributed by atoms with Crippen LogP contribution in [0.2, 0.25) is 0 Å². The van der Waals surface area contributed by atoms with Gasteiger partial charge in [0.25, 0.3) is 0 Å². The van der Waals surface area contributed by atoms with Gasteiger partial charge in [-0.3, -0.25) is 0 Å². The smallest absolute Gasteiger partial charge is 0 e. The second-order valence-corrected chi connectivity index (χ2v) is 5.93. The summed E-state index contributed by atoms with van der Waals surface area (Å²) in [5.74, 6) is 2.46. The molecule has 1 heterocycles. The normalized spacial score (nSPS) is 16.0. The van der Waals surface area contributed by atoms with Gasteiger partial charge in [0, 0.05) is 32.7 Å². The standard InChI is InChI=1S/C17H26N.C2H6.Y/c1-15(2)8-11-18-12-9-17(10-13-18)14-16-6-4-3-5-7-16;1-2;/h3-7,17H,8-14H2,1-2H3;1-2H3;/q-1;;. The molecule has 2 heteroatoms. The second-order valence-electron chi connectivity index (χ2n) is 5.93. The van der Waals surface area contributed by atoms with E-state index in [0.29, 0.717) is 0 Å². The van der Waals surface area contributed by atoms with E-state index in [1.165, 1.54) is 50.9 Å². The molecule has 0 aromatic heterocycles. The molecular formula is C19H32NY-. The van der Waals surface area contributed by atoms with Crippen LogP contribution in [0.1, 0.15) is 52.5 Å². The monoisotopic (exact) mass is 363 g/mol. The predicted molar refractivity (Wildman–Crippen MR) is 89.9 cm³/mol. The summed E-state index contributed by atoms with van der Waals surface area (Å²) in [4.78, 5) is 2.63. The molecule has 0 atom stereocenters. The molecule has 1 saturated heterocycles. The topological polar surface area (TPSA) is 3.24 Å². The van der Waals surface area contributed by atoms with Crippen molar-refractivity contribution in [3.8, 4) is 0 Å². The first-order valence-electron chi connectivity index (χ1n) is 8.29. The van der Waals surface area contributed by atoms with Gasteiger partial charge in [0.2, 0.25) is 0 Å². The maximum absolute atomic E-state index is 2.63. The summed E-state index contributed by atoms with van der Waals surface area (Å²) in [5, 5.41) is 0. The molecular weight excluding hydrogens is 331 g/mol.